The van der Waals surface area contributed by atoms with Gasteiger partial charge in [0.1, 0.15) is 11.6 Å². The molecule has 2 aromatic carbocycles. The average Bonchev–Trinajstić information content (AvgIpc) is 2.17. The lowest BCUT2D eigenvalue weighted by Crippen LogP contribution is -1.95. The molecule has 76 valence electrons. The van der Waals surface area contributed by atoms with Crippen LogP contribution in [0.5, 0.6) is 0 Å². The zero-order valence-electron chi connectivity index (χ0n) is 7.87. The second-order valence-electron chi connectivity index (χ2n) is 3.22. The van der Waals surface area contributed by atoms with Crippen molar-refractivity contribution in [3.63, 3.8) is 0 Å². The van der Waals surface area contributed by atoms with Gasteiger partial charge in [0, 0.05) is 17.3 Å². The predicted molar refractivity (Wildman–Crippen MR) is 56.2 cm³/mol. The first-order valence-electron chi connectivity index (χ1n) is 4.48. The first-order chi connectivity index (χ1) is 7.18. The molecule has 0 aromatic heterocycles. The fraction of sp³-hybridized carbons (Fsp3) is 0. The van der Waals surface area contributed by atoms with Crippen molar-refractivity contribution in [3.8, 4) is 11.1 Å². The van der Waals surface area contributed by atoms with E-state index in [9.17, 15) is 8.78 Å². The number of halogens is 2. The molecule has 0 radical (unpaired) electrons. The number of hydrogen-bond donors (Lipinski definition) is 1. The molecule has 0 saturated carbocycles. The van der Waals surface area contributed by atoms with Crippen molar-refractivity contribution in [1.82, 2.24) is 0 Å². The highest BCUT2D eigenvalue weighted by molar-refractivity contribution is 5.76. The lowest BCUT2D eigenvalue weighted by Gasteiger charge is -2.07. The summed E-state index contributed by atoms with van der Waals surface area (Å²) < 4.78 is 26.3. The minimum Gasteiger partial charge on any atom is -0.398 e. The maximum absolute atomic E-state index is 13.5. The van der Waals surface area contributed by atoms with E-state index in [4.69, 9.17) is 5.73 Å². The molecule has 2 rings (SSSR count). The van der Waals surface area contributed by atoms with Crippen molar-refractivity contribution in [3.05, 3.63) is 54.1 Å². The summed E-state index contributed by atoms with van der Waals surface area (Å²) in [6, 6.07) is 10.8. The Hall–Kier alpha value is -1.90. The summed E-state index contributed by atoms with van der Waals surface area (Å²) in [4.78, 5) is 0. The third kappa shape index (κ3) is 1.81. The van der Waals surface area contributed by atoms with Gasteiger partial charge in [-0.3, -0.25) is 0 Å². The summed E-state index contributed by atoms with van der Waals surface area (Å²) in [7, 11) is 0. The van der Waals surface area contributed by atoms with Gasteiger partial charge < -0.3 is 5.73 Å². The van der Waals surface area contributed by atoms with Gasteiger partial charge in [0.15, 0.2) is 0 Å². The van der Waals surface area contributed by atoms with Crippen LogP contribution in [0.4, 0.5) is 14.5 Å². The van der Waals surface area contributed by atoms with Crippen molar-refractivity contribution in [2.24, 2.45) is 0 Å². The second-order valence-corrected chi connectivity index (χ2v) is 3.22. The van der Waals surface area contributed by atoms with Crippen LogP contribution >= 0.6 is 0 Å². The molecule has 0 bridgehead atoms. The van der Waals surface area contributed by atoms with Crippen LogP contribution in [-0.4, -0.2) is 0 Å². The van der Waals surface area contributed by atoms with Crippen LogP contribution in [0.15, 0.2) is 42.5 Å². The van der Waals surface area contributed by atoms with E-state index in [1.807, 2.05) is 6.07 Å². The lowest BCUT2D eigenvalue weighted by atomic mass is 10.0. The van der Waals surface area contributed by atoms with Gasteiger partial charge in [-0.1, -0.05) is 30.3 Å². The molecule has 3 heteroatoms. The maximum Gasteiger partial charge on any atom is 0.136 e. The molecule has 0 aliphatic carbocycles. The Labute approximate surface area is 86.2 Å². The molecule has 15 heavy (non-hydrogen) atoms. The Balaban J connectivity index is 2.64. The minimum atomic E-state index is -0.662. The van der Waals surface area contributed by atoms with E-state index in [0.29, 0.717) is 5.56 Å². The highest BCUT2D eigenvalue weighted by atomic mass is 19.1. The molecule has 2 N–H and O–H groups in total. The standard InChI is InChI=1S/C12H9F2N/c13-9-6-10(14)12(11(15)7-9)8-4-2-1-3-5-8/h1-7H,15H2. The summed E-state index contributed by atoms with van der Waals surface area (Å²) in [6.07, 6.45) is 0. The van der Waals surface area contributed by atoms with Gasteiger partial charge in [0.2, 0.25) is 0 Å². The van der Waals surface area contributed by atoms with Crippen LogP contribution < -0.4 is 5.73 Å². The van der Waals surface area contributed by atoms with E-state index in [1.54, 1.807) is 24.3 Å². The summed E-state index contributed by atoms with van der Waals surface area (Å²) in [6.45, 7) is 0. The summed E-state index contributed by atoms with van der Waals surface area (Å²) >= 11 is 0. The second kappa shape index (κ2) is 3.69. The molecule has 0 fully saturated rings. The van der Waals surface area contributed by atoms with Gasteiger partial charge in [0.25, 0.3) is 0 Å². The third-order valence-corrected chi connectivity index (χ3v) is 2.15. The van der Waals surface area contributed by atoms with E-state index in [2.05, 4.69) is 0 Å². The zero-order valence-corrected chi connectivity index (χ0v) is 7.87. The molecular weight excluding hydrogens is 196 g/mol. The molecule has 2 aromatic rings. The number of anilines is 1. The largest absolute Gasteiger partial charge is 0.398 e. The van der Waals surface area contributed by atoms with Gasteiger partial charge in [-0.2, -0.15) is 0 Å². The van der Waals surface area contributed by atoms with Crippen molar-refractivity contribution in [1.29, 1.82) is 0 Å². The van der Waals surface area contributed by atoms with E-state index in [-0.39, 0.29) is 11.3 Å². The quantitative estimate of drug-likeness (QED) is 0.711. The molecule has 0 heterocycles. The molecule has 0 aliphatic rings. The lowest BCUT2D eigenvalue weighted by molar-refractivity contribution is 0.586. The van der Waals surface area contributed by atoms with Gasteiger partial charge in [-0.05, 0) is 11.6 Å². The smallest absolute Gasteiger partial charge is 0.136 e. The number of nitrogen functional groups attached to an aromatic ring is 1. The topological polar surface area (TPSA) is 26.0 Å². The number of nitrogens with two attached hydrogens (primary N) is 1. The normalized spacial score (nSPS) is 10.3. The predicted octanol–water partition coefficient (Wildman–Crippen LogP) is 3.21. The van der Waals surface area contributed by atoms with E-state index in [1.165, 1.54) is 0 Å². The highest BCUT2D eigenvalue weighted by Crippen LogP contribution is 2.29. The van der Waals surface area contributed by atoms with Crippen molar-refractivity contribution >= 4 is 5.69 Å². The Bertz CT molecular complexity index is 457. The van der Waals surface area contributed by atoms with Crippen LogP contribution in [-0.2, 0) is 0 Å². The third-order valence-electron chi connectivity index (χ3n) is 2.15. The molecular formula is C12H9F2N. The molecule has 0 spiro atoms. The highest BCUT2D eigenvalue weighted by Gasteiger charge is 2.10. The summed E-state index contributed by atoms with van der Waals surface area (Å²) in [5, 5.41) is 0. The number of benzene rings is 2. The molecule has 0 unspecified atom stereocenters. The Morgan fingerprint density at radius 2 is 1.60 bits per heavy atom. The Morgan fingerprint density at radius 1 is 0.933 bits per heavy atom. The van der Waals surface area contributed by atoms with Crippen LogP contribution in [0.2, 0.25) is 0 Å². The van der Waals surface area contributed by atoms with Gasteiger partial charge in [-0.15, -0.1) is 0 Å². The van der Waals surface area contributed by atoms with Gasteiger partial charge in [0.05, 0.1) is 0 Å². The van der Waals surface area contributed by atoms with Gasteiger partial charge in [-0.25, -0.2) is 8.78 Å². The molecule has 0 amide bonds. The van der Waals surface area contributed by atoms with Gasteiger partial charge >= 0.3 is 0 Å². The average molecular weight is 205 g/mol. The summed E-state index contributed by atoms with van der Waals surface area (Å²) in [5.74, 6) is -1.30. The van der Waals surface area contributed by atoms with Crippen LogP contribution in [0.25, 0.3) is 11.1 Å². The van der Waals surface area contributed by atoms with Crippen LogP contribution in [0.1, 0.15) is 0 Å². The Morgan fingerprint density at radius 3 is 2.20 bits per heavy atom. The fourth-order valence-electron chi connectivity index (χ4n) is 1.50. The number of hydrogen-bond acceptors (Lipinski definition) is 1. The first kappa shape index (κ1) is 9.65. The zero-order chi connectivity index (χ0) is 10.8. The molecule has 0 saturated heterocycles. The van der Waals surface area contributed by atoms with Crippen molar-refractivity contribution in [2.45, 2.75) is 0 Å². The molecule has 0 atom stereocenters. The fourth-order valence-corrected chi connectivity index (χ4v) is 1.50. The molecule has 1 nitrogen and oxygen atoms in total. The van der Waals surface area contributed by atoms with Crippen LogP contribution in [0, 0.1) is 11.6 Å². The minimum absolute atomic E-state index is 0.110. The number of rotatable bonds is 1. The Kier molecular flexibility index (Phi) is 2.37. The first-order valence-corrected chi connectivity index (χ1v) is 4.48. The van der Waals surface area contributed by atoms with Crippen molar-refractivity contribution in [2.75, 3.05) is 5.73 Å². The monoisotopic (exact) mass is 205 g/mol. The maximum atomic E-state index is 13.5. The summed E-state index contributed by atoms with van der Waals surface area (Å²) in [5.41, 5.74) is 6.58. The van der Waals surface area contributed by atoms with E-state index < -0.39 is 11.6 Å². The SMILES string of the molecule is Nc1cc(F)cc(F)c1-c1ccccc1. The molecule has 0 aliphatic heterocycles. The van der Waals surface area contributed by atoms with E-state index >= 15 is 0 Å². The van der Waals surface area contributed by atoms with Crippen molar-refractivity contribution < 1.29 is 8.78 Å². The van der Waals surface area contributed by atoms with E-state index in [0.717, 1.165) is 12.1 Å². The van der Waals surface area contributed by atoms with Crippen LogP contribution in [0.3, 0.4) is 0 Å².